The SMILES string of the molecule is COc1ccc([C@H]2[NH2+]C[C@H](CCl)O2)cc1. The molecule has 1 aromatic rings. The van der Waals surface area contributed by atoms with Crippen molar-refractivity contribution in [3.05, 3.63) is 29.8 Å². The largest absolute Gasteiger partial charge is 0.497 e. The Balaban J connectivity index is 2.04. The molecular weight excluding hydrogens is 214 g/mol. The van der Waals surface area contributed by atoms with Gasteiger partial charge in [0, 0.05) is 5.56 Å². The third-order valence-corrected chi connectivity index (χ3v) is 2.91. The standard InChI is InChI=1S/C11H14ClNO2/c1-14-9-4-2-8(3-5-9)11-13-7-10(6-12)15-11/h2-5,10-11,13H,6-7H2,1H3/p+1/t10-,11-/m0/s1. The maximum Gasteiger partial charge on any atom is 0.217 e. The topological polar surface area (TPSA) is 35.1 Å². The van der Waals surface area contributed by atoms with Gasteiger partial charge in [-0.3, -0.25) is 0 Å². The van der Waals surface area contributed by atoms with Crippen molar-refractivity contribution in [2.75, 3.05) is 19.5 Å². The van der Waals surface area contributed by atoms with E-state index in [4.69, 9.17) is 21.1 Å². The van der Waals surface area contributed by atoms with Crippen LogP contribution in [0, 0.1) is 0 Å². The second kappa shape index (κ2) is 4.84. The van der Waals surface area contributed by atoms with E-state index in [0.29, 0.717) is 5.88 Å². The second-order valence-electron chi connectivity index (χ2n) is 3.58. The van der Waals surface area contributed by atoms with Gasteiger partial charge in [0.2, 0.25) is 6.23 Å². The molecule has 4 heteroatoms. The highest BCUT2D eigenvalue weighted by Crippen LogP contribution is 2.19. The quantitative estimate of drug-likeness (QED) is 0.781. The molecule has 1 aliphatic heterocycles. The number of hydrogen-bond donors (Lipinski definition) is 1. The number of methoxy groups -OCH3 is 1. The first-order valence-corrected chi connectivity index (χ1v) is 5.55. The van der Waals surface area contributed by atoms with Crippen LogP contribution in [0.4, 0.5) is 0 Å². The van der Waals surface area contributed by atoms with Gasteiger partial charge in [0.25, 0.3) is 0 Å². The van der Waals surface area contributed by atoms with Crippen LogP contribution in [0.25, 0.3) is 0 Å². The van der Waals surface area contributed by atoms with Crippen molar-refractivity contribution >= 4 is 11.6 Å². The lowest BCUT2D eigenvalue weighted by molar-refractivity contribution is -0.697. The van der Waals surface area contributed by atoms with Crippen LogP contribution in [0.1, 0.15) is 11.8 Å². The molecule has 0 unspecified atom stereocenters. The molecule has 1 fully saturated rings. The average molecular weight is 229 g/mol. The highest BCUT2D eigenvalue weighted by atomic mass is 35.5. The van der Waals surface area contributed by atoms with Gasteiger partial charge in [0.05, 0.1) is 13.0 Å². The van der Waals surface area contributed by atoms with Gasteiger partial charge in [0.1, 0.15) is 18.4 Å². The van der Waals surface area contributed by atoms with E-state index in [1.807, 2.05) is 24.3 Å². The first-order chi connectivity index (χ1) is 7.33. The normalized spacial score (nSPS) is 25.5. The zero-order valence-electron chi connectivity index (χ0n) is 8.65. The van der Waals surface area contributed by atoms with Crippen molar-refractivity contribution in [3.63, 3.8) is 0 Å². The Labute approximate surface area is 94.3 Å². The summed E-state index contributed by atoms with van der Waals surface area (Å²) in [5.41, 5.74) is 1.16. The highest BCUT2D eigenvalue weighted by Gasteiger charge is 2.28. The van der Waals surface area contributed by atoms with Crippen molar-refractivity contribution in [1.29, 1.82) is 0 Å². The number of hydrogen-bond acceptors (Lipinski definition) is 2. The highest BCUT2D eigenvalue weighted by molar-refractivity contribution is 6.18. The molecule has 1 aliphatic rings. The van der Waals surface area contributed by atoms with Crippen molar-refractivity contribution in [2.24, 2.45) is 0 Å². The average Bonchev–Trinajstić information content (AvgIpc) is 2.78. The van der Waals surface area contributed by atoms with Gasteiger partial charge in [-0.05, 0) is 24.3 Å². The van der Waals surface area contributed by atoms with Gasteiger partial charge in [-0.1, -0.05) is 0 Å². The van der Waals surface area contributed by atoms with E-state index < -0.39 is 0 Å². The van der Waals surface area contributed by atoms with Crippen LogP contribution in [-0.2, 0) is 4.74 Å². The molecule has 0 radical (unpaired) electrons. The fraction of sp³-hybridized carbons (Fsp3) is 0.455. The maximum absolute atomic E-state index is 5.74. The monoisotopic (exact) mass is 228 g/mol. The number of ether oxygens (including phenoxy) is 2. The zero-order chi connectivity index (χ0) is 10.7. The van der Waals surface area contributed by atoms with E-state index >= 15 is 0 Å². The fourth-order valence-electron chi connectivity index (χ4n) is 1.70. The third kappa shape index (κ3) is 2.43. The Kier molecular flexibility index (Phi) is 3.46. The van der Waals surface area contributed by atoms with Gasteiger partial charge in [-0.15, -0.1) is 11.6 Å². The van der Waals surface area contributed by atoms with Crippen LogP contribution in [0.15, 0.2) is 24.3 Å². The van der Waals surface area contributed by atoms with E-state index in [0.717, 1.165) is 17.9 Å². The summed E-state index contributed by atoms with van der Waals surface area (Å²) in [5.74, 6) is 1.43. The molecule has 0 aromatic heterocycles. The fourth-order valence-corrected chi connectivity index (χ4v) is 1.90. The number of rotatable bonds is 3. The van der Waals surface area contributed by atoms with Gasteiger partial charge < -0.3 is 14.8 Å². The number of benzene rings is 1. The molecule has 1 heterocycles. The van der Waals surface area contributed by atoms with Crippen molar-refractivity contribution < 1.29 is 14.8 Å². The first kappa shape index (κ1) is 10.7. The molecule has 1 aromatic carbocycles. The predicted molar refractivity (Wildman–Crippen MR) is 58.1 cm³/mol. The molecule has 15 heavy (non-hydrogen) atoms. The molecule has 0 saturated carbocycles. The predicted octanol–water partition coefficient (Wildman–Crippen LogP) is 0.895. The Morgan fingerprint density at radius 1 is 1.47 bits per heavy atom. The minimum Gasteiger partial charge on any atom is -0.497 e. The molecule has 2 rings (SSSR count). The van der Waals surface area contributed by atoms with E-state index in [-0.39, 0.29) is 12.3 Å². The van der Waals surface area contributed by atoms with Crippen molar-refractivity contribution in [1.82, 2.24) is 0 Å². The van der Waals surface area contributed by atoms with E-state index in [2.05, 4.69) is 5.32 Å². The minimum atomic E-state index is 0.0830. The zero-order valence-corrected chi connectivity index (χ0v) is 9.41. The Bertz CT molecular complexity index is 315. The molecule has 0 aliphatic carbocycles. The van der Waals surface area contributed by atoms with E-state index in [1.165, 1.54) is 0 Å². The molecular formula is C11H15ClNO2+. The molecule has 0 spiro atoms. The Hall–Kier alpha value is -0.770. The van der Waals surface area contributed by atoms with Gasteiger partial charge >= 0.3 is 0 Å². The number of alkyl halides is 1. The number of halogens is 1. The van der Waals surface area contributed by atoms with Crippen LogP contribution in [0.2, 0.25) is 0 Å². The molecule has 0 bridgehead atoms. The number of nitrogens with two attached hydrogens (primary N) is 1. The van der Waals surface area contributed by atoms with Crippen molar-refractivity contribution in [3.8, 4) is 5.75 Å². The summed E-state index contributed by atoms with van der Waals surface area (Å²) in [4.78, 5) is 0. The minimum absolute atomic E-state index is 0.0830. The smallest absolute Gasteiger partial charge is 0.217 e. The van der Waals surface area contributed by atoms with Crippen LogP contribution in [0.5, 0.6) is 5.75 Å². The summed E-state index contributed by atoms with van der Waals surface area (Å²) in [6, 6.07) is 7.94. The lowest BCUT2D eigenvalue weighted by Crippen LogP contribution is -2.82. The summed E-state index contributed by atoms with van der Waals surface area (Å²) in [6.07, 6.45) is 0.249. The summed E-state index contributed by atoms with van der Waals surface area (Å²) in [7, 11) is 1.66. The van der Waals surface area contributed by atoms with Gasteiger partial charge in [-0.25, -0.2) is 0 Å². The van der Waals surface area contributed by atoms with Crippen LogP contribution >= 0.6 is 11.6 Å². The summed E-state index contributed by atoms with van der Waals surface area (Å²) < 4.78 is 10.8. The third-order valence-electron chi connectivity index (χ3n) is 2.57. The lowest BCUT2D eigenvalue weighted by atomic mass is 10.2. The summed E-state index contributed by atoms with van der Waals surface area (Å²) in [6.45, 7) is 0.931. The van der Waals surface area contributed by atoms with Crippen molar-refractivity contribution in [2.45, 2.75) is 12.3 Å². The summed E-state index contributed by atoms with van der Waals surface area (Å²) in [5, 5.41) is 2.16. The van der Waals surface area contributed by atoms with Gasteiger partial charge in [-0.2, -0.15) is 0 Å². The molecule has 82 valence electrons. The first-order valence-electron chi connectivity index (χ1n) is 5.02. The van der Waals surface area contributed by atoms with Gasteiger partial charge in [0.15, 0.2) is 0 Å². The molecule has 0 amide bonds. The summed E-state index contributed by atoms with van der Waals surface area (Å²) >= 11 is 5.74. The molecule has 3 nitrogen and oxygen atoms in total. The molecule has 2 atom stereocenters. The molecule has 2 N–H and O–H groups in total. The Morgan fingerprint density at radius 2 is 2.20 bits per heavy atom. The van der Waals surface area contributed by atoms with E-state index in [9.17, 15) is 0 Å². The van der Waals surface area contributed by atoms with Crippen LogP contribution in [0.3, 0.4) is 0 Å². The second-order valence-corrected chi connectivity index (χ2v) is 3.89. The Morgan fingerprint density at radius 3 is 2.73 bits per heavy atom. The maximum atomic E-state index is 5.74. The number of quaternary nitrogens is 1. The van der Waals surface area contributed by atoms with E-state index in [1.54, 1.807) is 7.11 Å². The van der Waals surface area contributed by atoms with Crippen LogP contribution < -0.4 is 10.1 Å². The lowest BCUT2D eigenvalue weighted by Gasteiger charge is -2.08. The van der Waals surface area contributed by atoms with Crippen LogP contribution in [-0.4, -0.2) is 25.6 Å². The molecule has 1 saturated heterocycles.